The van der Waals surface area contributed by atoms with Gasteiger partial charge < -0.3 is 0 Å². The van der Waals surface area contributed by atoms with Crippen LogP contribution in [-0.2, 0) is 47.9 Å². The molecule has 0 atom stereocenters. The van der Waals surface area contributed by atoms with Gasteiger partial charge in [-0.3, -0.25) is 0 Å². The summed E-state index contributed by atoms with van der Waals surface area (Å²) < 4.78 is 2.09. The van der Waals surface area contributed by atoms with Gasteiger partial charge in [0.25, 0.3) is 0 Å². The first-order valence-corrected chi connectivity index (χ1v) is 26.4. The van der Waals surface area contributed by atoms with Crippen LogP contribution in [-0.4, -0.2) is 3.71 Å². The second-order valence-electron chi connectivity index (χ2n) is 19.9. The molecule has 352 valence electrons. The Balaban J connectivity index is 0.000000217. The Morgan fingerprint density at radius 1 is 0.448 bits per heavy atom. The largest absolute Gasteiger partial charge is 0.199 e. The minimum absolute atomic E-state index is 0.205. The van der Waals surface area contributed by atoms with E-state index in [-0.39, 0.29) is 10.8 Å². The van der Waals surface area contributed by atoms with Gasteiger partial charge in [0.05, 0.1) is 0 Å². The van der Waals surface area contributed by atoms with Gasteiger partial charge in [-0.2, -0.15) is 61.4 Å². The van der Waals surface area contributed by atoms with Crippen LogP contribution in [0.15, 0.2) is 170 Å². The van der Waals surface area contributed by atoms with E-state index >= 15 is 0 Å². The fourth-order valence-corrected chi connectivity index (χ4v) is 8.15. The van der Waals surface area contributed by atoms with Gasteiger partial charge in [0, 0.05) is 0 Å². The molecule has 0 aromatic heterocycles. The molecule has 8 rings (SSSR count). The Morgan fingerprint density at radius 3 is 1.07 bits per heavy atom. The van der Waals surface area contributed by atoms with Crippen LogP contribution in [0.3, 0.4) is 0 Å². The molecule has 0 saturated carbocycles. The second-order valence-corrected chi connectivity index (χ2v) is 21.3. The smallest absolute Gasteiger partial charge is 0.0866 e. The second kappa shape index (κ2) is 28.4. The van der Waals surface area contributed by atoms with Gasteiger partial charge in [-0.15, -0.1) is 93.3 Å². The Labute approximate surface area is 423 Å². The minimum atomic E-state index is 0.205. The van der Waals surface area contributed by atoms with Crippen LogP contribution in [0.2, 0.25) is 0 Å². The molecule has 0 aliphatic heterocycles. The van der Waals surface area contributed by atoms with Gasteiger partial charge in [-0.05, 0) is 45.9 Å². The summed E-state index contributed by atoms with van der Waals surface area (Å²) in [6.45, 7) is 27.6. The van der Waals surface area contributed by atoms with E-state index in [1.54, 1.807) is 0 Å². The molecule has 0 spiro atoms. The summed E-state index contributed by atoms with van der Waals surface area (Å²) in [5.74, 6) is 0. The molecule has 0 amide bonds. The third kappa shape index (κ3) is 18.6. The van der Waals surface area contributed by atoms with Crippen molar-refractivity contribution >= 4 is 25.3 Å². The van der Waals surface area contributed by atoms with E-state index in [2.05, 4.69) is 182 Å². The average molecular weight is 965 g/mol. The predicted molar refractivity (Wildman–Crippen MR) is 297 cm³/mol. The third-order valence-corrected chi connectivity index (χ3v) is 12.1. The van der Waals surface area contributed by atoms with E-state index in [4.69, 9.17) is 0 Å². The van der Waals surface area contributed by atoms with E-state index < -0.39 is 0 Å². The maximum atomic E-state index is 3.72. The summed E-state index contributed by atoms with van der Waals surface area (Å²) in [5, 5.41) is 5.55. The van der Waals surface area contributed by atoms with Crippen molar-refractivity contribution in [1.82, 2.24) is 0 Å². The maximum absolute atomic E-state index is 3.72. The van der Waals surface area contributed by atoms with Crippen molar-refractivity contribution in [3.63, 3.8) is 0 Å². The van der Waals surface area contributed by atoms with Crippen LogP contribution in [0.4, 0.5) is 0 Å². The predicted octanol–water partition coefficient (Wildman–Crippen LogP) is 19.4. The van der Waals surface area contributed by atoms with Gasteiger partial charge in [0.15, 0.2) is 0 Å². The molecule has 0 unspecified atom stereocenters. The molecule has 0 nitrogen and oxygen atoms in total. The first-order chi connectivity index (χ1) is 32.2. The molecule has 0 fully saturated rings. The summed E-state index contributed by atoms with van der Waals surface area (Å²) in [5.41, 5.74) is 13.7. The van der Waals surface area contributed by atoms with Crippen molar-refractivity contribution in [1.29, 1.82) is 0 Å². The molecule has 0 heterocycles. The zero-order valence-electron chi connectivity index (χ0n) is 42.7. The number of rotatable bonds is 12. The van der Waals surface area contributed by atoms with Crippen LogP contribution < -0.4 is 0 Å². The van der Waals surface area contributed by atoms with Crippen LogP contribution in [0, 0.1) is 13.8 Å². The standard InChI is InChI=1S/2C25H31.2C7H7.C2H4.Zr/c2*1-5-6-7-8-10-19-17-21-11-9-12-23(24(21)18-19)20-13-15-22(16-14-20)25(2,3)4;2*1-7-5-3-2-4-6-7;1-2;/h2*9,11-18H,5-8,10H2,1-4H3;2*2-6H,1H2;1H,2H3;/q4*-1;;. The minimum Gasteiger partial charge on any atom is -0.199 e. The number of fused-ring (bicyclic) bond motifs is 2. The summed E-state index contributed by atoms with van der Waals surface area (Å²) in [6, 6.07) is 61.0. The van der Waals surface area contributed by atoms with Crippen molar-refractivity contribution in [2.45, 2.75) is 137 Å². The Kier molecular flexibility index (Phi) is 23.1. The van der Waals surface area contributed by atoms with E-state index in [1.165, 1.54) is 154 Å². The van der Waals surface area contributed by atoms with Crippen LogP contribution in [0.1, 0.15) is 147 Å². The number of hydrogen-bond donors (Lipinski definition) is 0. The van der Waals surface area contributed by atoms with E-state index in [9.17, 15) is 0 Å². The fraction of sp³-hybridized carbons (Fsp3) is 0.318. The molecule has 0 bridgehead atoms. The number of aryl methyl sites for hydroxylation is 2. The van der Waals surface area contributed by atoms with E-state index in [0.29, 0.717) is 0 Å². The average Bonchev–Trinajstić information content (AvgIpc) is 3.94. The summed E-state index contributed by atoms with van der Waals surface area (Å²) in [6.07, 6.45) is 13.0. The first-order valence-electron chi connectivity index (χ1n) is 25.0. The summed E-state index contributed by atoms with van der Waals surface area (Å²) in [7, 11) is 0. The van der Waals surface area contributed by atoms with Crippen molar-refractivity contribution < 1.29 is 24.2 Å². The quantitative estimate of drug-likeness (QED) is 0.0845. The molecule has 67 heavy (non-hydrogen) atoms. The molecule has 0 N–H and O–H groups in total. The molecule has 0 saturated heterocycles. The monoisotopic (exact) mass is 963 g/mol. The Morgan fingerprint density at radius 2 is 0.791 bits per heavy atom. The molecule has 0 aliphatic rings. The number of benzene rings is 6. The molecule has 0 aliphatic carbocycles. The number of unbranched alkanes of at least 4 members (excludes halogenated alkanes) is 6. The molecular formula is C66H80Zr-4. The maximum Gasteiger partial charge on any atom is -0.0866 e. The zero-order chi connectivity index (χ0) is 48.7. The van der Waals surface area contributed by atoms with Crippen LogP contribution in [0.5, 0.6) is 0 Å². The van der Waals surface area contributed by atoms with E-state index in [0.717, 1.165) is 11.1 Å². The Bertz CT molecular complexity index is 2390. The van der Waals surface area contributed by atoms with Crippen LogP contribution >= 0.6 is 0 Å². The van der Waals surface area contributed by atoms with Crippen molar-refractivity contribution in [2.24, 2.45) is 0 Å². The summed E-state index contributed by atoms with van der Waals surface area (Å²) in [4.78, 5) is 0. The molecule has 1 heteroatoms. The molecule has 0 radical (unpaired) electrons. The normalized spacial score (nSPS) is 10.9. The topological polar surface area (TPSA) is 0 Å². The molecular weight excluding hydrogens is 884 g/mol. The van der Waals surface area contributed by atoms with E-state index in [1.807, 2.05) is 67.6 Å². The van der Waals surface area contributed by atoms with Gasteiger partial charge in [0.2, 0.25) is 0 Å². The SMILES string of the molecule is CCCCCCc1cc2c(-c3ccc(C(C)(C)C)cc3)cccc2[cH-]1.CCCCCCc1cc2c(-c3ccc(C(C)(C)C)cc3)cccc2[cH-]1.C[CH]=[Zr].[CH2-]c1ccccc1.[CH2-]c1ccccc1. The fourth-order valence-electron chi connectivity index (χ4n) is 8.15. The molecule has 8 aromatic carbocycles. The van der Waals surface area contributed by atoms with Gasteiger partial charge in [-0.1, -0.05) is 191 Å². The van der Waals surface area contributed by atoms with Gasteiger partial charge in [-0.25, -0.2) is 0 Å². The third-order valence-electron chi connectivity index (χ3n) is 12.1. The van der Waals surface area contributed by atoms with Crippen molar-refractivity contribution in [3.05, 3.63) is 217 Å². The van der Waals surface area contributed by atoms with Gasteiger partial charge >= 0.3 is 34.9 Å². The Hall–Kier alpha value is -4.97. The van der Waals surface area contributed by atoms with Crippen molar-refractivity contribution in [2.75, 3.05) is 0 Å². The summed E-state index contributed by atoms with van der Waals surface area (Å²) >= 11 is 1.51. The first kappa shape index (κ1) is 54.6. The number of hydrogen-bond acceptors (Lipinski definition) is 0. The van der Waals surface area contributed by atoms with Gasteiger partial charge in [0.1, 0.15) is 0 Å². The van der Waals surface area contributed by atoms with Crippen LogP contribution in [0.25, 0.3) is 43.8 Å². The van der Waals surface area contributed by atoms with Crippen molar-refractivity contribution in [3.8, 4) is 22.3 Å². The zero-order valence-corrected chi connectivity index (χ0v) is 45.2. The molecule has 8 aromatic rings.